The summed E-state index contributed by atoms with van der Waals surface area (Å²) in [6, 6.07) is 0. The van der Waals surface area contributed by atoms with E-state index in [1.807, 2.05) is 0 Å². The van der Waals surface area contributed by atoms with Gasteiger partial charge in [0.15, 0.2) is 4.84 Å². The molecule has 0 aliphatic rings. The highest BCUT2D eigenvalue weighted by Crippen LogP contribution is 2.01. The zero-order valence-corrected chi connectivity index (χ0v) is 5.74. The summed E-state index contributed by atoms with van der Waals surface area (Å²) < 4.78 is 0. The molecule has 52 valence electrons. The van der Waals surface area contributed by atoms with Crippen molar-refractivity contribution >= 4 is 34.9 Å². The Morgan fingerprint density at radius 1 is 1.44 bits per heavy atom. The van der Waals surface area contributed by atoms with Crippen LogP contribution in [0.3, 0.4) is 0 Å². The number of hydrazine groups is 1. The van der Waals surface area contributed by atoms with Crippen molar-refractivity contribution < 1.29 is 9.59 Å². The van der Waals surface area contributed by atoms with Gasteiger partial charge in [-0.1, -0.05) is 23.2 Å². The second-order valence-corrected chi connectivity index (χ2v) is 2.23. The summed E-state index contributed by atoms with van der Waals surface area (Å²) in [4.78, 5) is 19.2. The molecule has 0 aliphatic heterocycles. The highest BCUT2D eigenvalue weighted by molar-refractivity contribution is 6.63. The molecule has 1 amide bonds. The lowest BCUT2D eigenvalue weighted by Crippen LogP contribution is -2.38. The molecule has 9 heavy (non-hydrogen) atoms. The summed E-state index contributed by atoms with van der Waals surface area (Å²) in [5.74, 6) is 2.62. The predicted molar refractivity (Wildman–Crippen MR) is 32.8 cm³/mol. The van der Waals surface area contributed by atoms with Crippen LogP contribution in [0.15, 0.2) is 0 Å². The molecule has 6 heteroatoms. The number of amides is 1. The predicted octanol–water partition coefficient (Wildman–Crippen LogP) is -0.651. The van der Waals surface area contributed by atoms with Crippen LogP contribution in [0.1, 0.15) is 0 Å². The number of hydrogen-bond donors (Lipinski definition) is 2. The molecule has 0 aromatic rings. The van der Waals surface area contributed by atoms with Crippen LogP contribution >= 0.6 is 23.2 Å². The topological polar surface area (TPSA) is 72.2 Å². The maximum Gasteiger partial charge on any atom is 0.304 e. The van der Waals surface area contributed by atoms with E-state index in [0.717, 1.165) is 0 Å². The van der Waals surface area contributed by atoms with E-state index in [4.69, 9.17) is 23.2 Å². The molecule has 0 bridgehead atoms. The molecule has 0 atom stereocenters. The van der Waals surface area contributed by atoms with E-state index in [2.05, 4.69) is 5.84 Å². The Morgan fingerprint density at radius 2 is 1.89 bits per heavy atom. The second-order valence-electron chi connectivity index (χ2n) is 1.14. The van der Waals surface area contributed by atoms with Crippen LogP contribution < -0.4 is 11.3 Å². The minimum atomic E-state index is -1.34. The number of halogens is 2. The first-order valence-electron chi connectivity index (χ1n) is 1.92. The monoisotopic (exact) mass is 170 g/mol. The smallest absolute Gasteiger partial charge is 0.287 e. The van der Waals surface area contributed by atoms with E-state index in [1.54, 1.807) is 5.43 Å². The molecule has 0 spiro atoms. The second kappa shape index (κ2) is 3.66. The summed E-state index contributed by atoms with van der Waals surface area (Å²) >= 11 is 10.0. The lowest BCUT2D eigenvalue weighted by molar-refractivity contribution is -0.136. The van der Waals surface area contributed by atoms with Crippen LogP contribution in [0.25, 0.3) is 0 Å². The molecule has 0 radical (unpaired) electrons. The van der Waals surface area contributed by atoms with Crippen LogP contribution in [0.2, 0.25) is 0 Å². The number of carbonyl (C=O) groups excluding carboxylic acids is 2. The van der Waals surface area contributed by atoms with Crippen LogP contribution in [0.4, 0.5) is 0 Å². The third-order valence-corrected chi connectivity index (χ3v) is 0.949. The Hall–Kier alpha value is -0.320. The van der Waals surface area contributed by atoms with Gasteiger partial charge in [0.25, 0.3) is 5.78 Å². The first-order chi connectivity index (χ1) is 4.09. The zero-order chi connectivity index (χ0) is 7.44. The van der Waals surface area contributed by atoms with E-state index in [1.165, 1.54) is 0 Å². The van der Waals surface area contributed by atoms with Gasteiger partial charge in [-0.15, -0.1) is 0 Å². The van der Waals surface area contributed by atoms with Crippen molar-refractivity contribution in [3.63, 3.8) is 0 Å². The lowest BCUT2D eigenvalue weighted by Gasteiger charge is -1.95. The molecule has 0 heterocycles. The van der Waals surface area contributed by atoms with Crippen molar-refractivity contribution in [1.82, 2.24) is 5.43 Å². The van der Waals surface area contributed by atoms with Gasteiger partial charge in [-0.3, -0.25) is 15.0 Å². The van der Waals surface area contributed by atoms with Crippen LogP contribution in [-0.4, -0.2) is 16.5 Å². The summed E-state index contributed by atoms with van der Waals surface area (Å²) in [5, 5.41) is 0. The van der Waals surface area contributed by atoms with Crippen molar-refractivity contribution in [1.29, 1.82) is 0 Å². The van der Waals surface area contributed by atoms with E-state index in [0.29, 0.717) is 0 Å². The van der Waals surface area contributed by atoms with Gasteiger partial charge in [-0.2, -0.15) is 0 Å². The lowest BCUT2D eigenvalue weighted by atomic mass is 10.4. The van der Waals surface area contributed by atoms with Gasteiger partial charge in [0.1, 0.15) is 0 Å². The zero-order valence-electron chi connectivity index (χ0n) is 4.23. The Bertz CT molecular complexity index is 136. The number of nitrogens with one attached hydrogen (secondary N) is 1. The summed E-state index contributed by atoms with van der Waals surface area (Å²) in [6.45, 7) is 0. The fourth-order valence-electron chi connectivity index (χ4n) is 0.170. The maximum atomic E-state index is 10.3. The number of alkyl halides is 2. The van der Waals surface area contributed by atoms with Crippen molar-refractivity contribution in [2.45, 2.75) is 4.84 Å². The molecule has 0 rings (SSSR count). The summed E-state index contributed by atoms with van der Waals surface area (Å²) in [7, 11) is 0. The fourth-order valence-corrected chi connectivity index (χ4v) is 0.368. The van der Waals surface area contributed by atoms with E-state index < -0.39 is 16.5 Å². The molecule has 4 nitrogen and oxygen atoms in total. The minimum absolute atomic E-state index is 0.958. The first kappa shape index (κ1) is 8.68. The molecule has 0 aliphatic carbocycles. The minimum Gasteiger partial charge on any atom is -0.287 e. The summed E-state index contributed by atoms with van der Waals surface area (Å²) in [6.07, 6.45) is 0. The highest BCUT2D eigenvalue weighted by Gasteiger charge is 2.19. The van der Waals surface area contributed by atoms with Crippen LogP contribution in [0, 0.1) is 0 Å². The van der Waals surface area contributed by atoms with Crippen molar-refractivity contribution in [2.24, 2.45) is 5.84 Å². The molecule has 0 fully saturated rings. The molecule has 0 saturated heterocycles. The molecule has 0 unspecified atom stereocenters. The largest absolute Gasteiger partial charge is 0.304 e. The van der Waals surface area contributed by atoms with Crippen molar-refractivity contribution in [3.8, 4) is 0 Å². The van der Waals surface area contributed by atoms with Gasteiger partial charge in [0.05, 0.1) is 0 Å². The van der Waals surface area contributed by atoms with E-state index >= 15 is 0 Å². The highest BCUT2D eigenvalue weighted by atomic mass is 35.5. The van der Waals surface area contributed by atoms with Gasteiger partial charge < -0.3 is 0 Å². The number of carbonyl (C=O) groups is 2. The SMILES string of the molecule is NNC(=O)C(=O)C(Cl)Cl. The fraction of sp³-hybridized carbons (Fsp3) is 0.333. The maximum absolute atomic E-state index is 10.3. The van der Waals surface area contributed by atoms with E-state index in [9.17, 15) is 9.59 Å². The quantitative estimate of drug-likeness (QED) is 0.190. The van der Waals surface area contributed by atoms with Gasteiger partial charge >= 0.3 is 5.91 Å². The van der Waals surface area contributed by atoms with Crippen molar-refractivity contribution in [2.75, 3.05) is 0 Å². The average molecular weight is 171 g/mol. The van der Waals surface area contributed by atoms with E-state index in [-0.39, 0.29) is 0 Å². The van der Waals surface area contributed by atoms with Gasteiger partial charge in [0.2, 0.25) is 0 Å². The third kappa shape index (κ3) is 2.64. The van der Waals surface area contributed by atoms with Crippen LogP contribution in [0.5, 0.6) is 0 Å². The number of ketones is 1. The number of nitrogens with two attached hydrogens (primary N) is 1. The molecule has 0 saturated carbocycles. The molecule has 3 N–H and O–H groups in total. The van der Waals surface area contributed by atoms with Gasteiger partial charge in [-0.25, -0.2) is 5.84 Å². The number of Topliss-reactive ketones (excluding diaryl/α,β-unsaturated/α-hetero) is 1. The molecule has 0 aromatic heterocycles. The molecule has 0 aromatic carbocycles. The third-order valence-electron chi connectivity index (χ3n) is 0.553. The van der Waals surface area contributed by atoms with Crippen molar-refractivity contribution in [3.05, 3.63) is 0 Å². The Morgan fingerprint density at radius 3 is 2.00 bits per heavy atom. The standard InChI is InChI=1S/C3H4Cl2N2O2/c4-2(5)1(8)3(9)7-6/h2H,6H2,(H,7,9). The number of hydrogen-bond acceptors (Lipinski definition) is 3. The Kier molecular flexibility index (Phi) is 3.53. The van der Waals surface area contributed by atoms with Gasteiger partial charge in [0, 0.05) is 0 Å². The normalized spacial score (nSPS) is 9.33. The Labute approximate surface area is 61.3 Å². The van der Waals surface area contributed by atoms with Gasteiger partial charge in [-0.05, 0) is 0 Å². The molecular weight excluding hydrogens is 167 g/mol. The van der Waals surface area contributed by atoms with Crippen LogP contribution in [-0.2, 0) is 9.59 Å². The average Bonchev–Trinajstić information content (AvgIpc) is 1.84. The summed E-state index contributed by atoms with van der Waals surface area (Å²) in [5.41, 5.74) is 1.59. The molecular formula is C3H4Cl2N2O2. The Balaban J connectivity index is 3.89. The number of rotatable bonds is 2. The first-order valence-corrected chi connectivity index (χ1v) is 2.79.